The third-order valence-electron chi connectivity index (χ3n) is 2.77. The average Bonchev–Trinajstić information content (AvgIpc) is 2.24. The van der Waals surface area contributed by atoms with Crippen molar-refractivity contribution in [2.45, 2.75) is 25.9 Å². The summed E-state index contributed by atoms with van der Waals surface area (Å²) in [5, 5.41) is 10.1. The minimum Gasteiger partial charge on any atom is -0.496 e. The summed E-state index contributed by atoms with van der Waals surface area (Å²) < 4.78 is 5.28. The Labute approximate surface area is 104 Å². The van der Waals surface area contributed by atoms with Gasteiger partial charge in [0.2, 0.25) is 0 Å². The molecule has 0 heterocycles. The van der Waals surface area contributed by atoms with Crippen LogP contribution in [0.5, 0.6) is 5.75 Å². The van der Waals surface area contributed by atoms with Gasteiger partial charge in [-0.2, -0.15) is 0 Å². The van der Waals surface area contributed by atoms with Crippen molar-refractivity contribution in [1.82, 2.24) is 4.90 Å². The number of likely N-dealkylation sites (N-methyl/N-ethyl adjacent to an activating group) is 1. The van der Waals surface area contributed by atoms with Gasteiger partial charge in [0.05, 0.1) is 12.7 Å². The Morgan fingerprint density at radius 3 is 2.41 bits per heavy atom. The first-order valence-corrected chi connectivity index (χ1v) is 5.89. The molecule has 0 unspecified atom stereocenters. The smallest absolute Gasteiger partial charge is 0.124 e. The van der Waals surface area contributed by atoms with E-state index in [4.69, 9.17) is 4.74 Å². The molecule has 1 aromatic carbocycles. The summed E-state index contributed by atoms with van der Waals surface area (Å²) in [6, 6.07) is 6.01. The summed E-state index contributed by atoms with van der Waals surface area (Å²) in [7, 11) is 5.74. The zero-order valence-electron chi connectivity index (χ0n) is 11.4. The Hall–Kier alpha value is -1.06. The molecule has 0 saturated carbocycles. The van der Waals surface area contributed by atoms with Crippen LogP contribution in [0.25, 0.3) is 0 Å². The Kier molecular flexibility index (Phi) is 4.54. The first kappa shape index (κ1) is 14.0. The summed E-state index contributed by atoms with van der Waals surface area (Å²) >= 11 is 0. The van der Waals surface area contributed by atoms with Crippen LogP contribution in [0.15, 0.2) is 18.2 Å². The summed E-state index contributed by atoms with van der Waals surface area (Å²) in [5.74, 6) is 0.742. The van der Waals surface area contributed by atoms with Crippen molar-refractivity contribution in [2.75, 3.05) is 27.7 Å². The van der Waals surface area contributed by atoms with Gasteiger partial charge in [-0.3, -0.25) is 0 Å². The van der Waals surface area contributed by atoms with E-state index in [9.17, 15) is 5.11 Å². The van der Waals surface area contributed by atoms with Crippen LogP contribution >= 0.6 is 0 Å². The summed E-state index contributed by atoms with van der Waals surface area (Å²) in [6.45, 7) is 4.55. The highest BCUT2D eigenvalue weighted by molar-refractivity contribution is 5.40. The van der Waals surface area contributed by atoms with E-state index in [1.165, 1.54) is 5.56 Å². The fourth-order valence-corrected chi connectivity index (χ4v) is 1.74. The molecule has 0 atom stereocenters. The van der Waals surface area contributed by atoms with E-state index < -0.39 is 5.60 Å². The van der Waals surface area contributed by atoms with Crippen LogP contribution in [-0.2, 0) is 12.0 Å². The van der Waals surface area contributed by atoms with Crippen molar-refractivity contribution in [2.24, 2.45) is 0 Å². The van der Waals surface area contributed by atoms with E-state index in [0.29, 0.717) is 0 Å². The molecule has 0 fully saturated rings. The van der Waals surface area contributed by atoms with Gasteiger partial charge in [0, 0.05) is 12.1 Å². The van der Waals surface area contributed by atoms with Crippen molar-refractivity contribution in [3.8, 4) is 5.75 Å². The average molecular weight is 237 g/mol. The second-order valence-electron chi connectivity index (χ2n) is 5.15. The normalized spacial score (nSPS) is 11.9. The molecule has 1 aromatic rings. The molecule has 3 nitrogen and oxygen atoms in total. The van der Waals surface area contributed by atoms with Gasteiger partial charge < -0.3 is 14.7 Å². The van der Waals surface area contributed by atoms with Crippen molar-refractivity contribution in [3.63, 3.8) is 0 Å². The van der Waals surface area contributed by atoms with Gasteiger partial charge in [-0.1, -0.05) is 6.07 Å². The first-order valence-electron chi connectivity index (χ1n) is 5.89. The molecule has 3 heteroatoms. The van der Waals surface area contributed by atoms with Gasteiger partial charge in [0.15, 0.2) is 0 Å². The lowest BCUT2D eigenvalue weighted by Crippen LogP contribution is -2.18. The second-order valence-corrected chi connectivity index (χ2v) is 5.15. The van der Waals surface area contributed by atoms with Crippen LogP contribution in [0.1, 0.15) is 25.0 Å². The molecular weight excluding hydrogens is 214 g/mol. The molecule has 0 spiro atoms. The fraction of sp³-hybridized carbons (Fsp3) is 0.571. The van der Waals surface area contributed by atoms with Crippen LogP contribution < -0.4 is 4.74 Å². The van der Waals surface area contributed by atoms with E-state index in [1.54, 1.807) is 21.0 Å². The monoisotopic (exact) mass is 237 g/mol. The number of benzene rings is 1. The molecule has 0 amide bonds. The molecule has 1 N–H and O–H groups in total. The fourth-order valence-electron chi connectivity index (χ4n) is 1.74. The van der Waals surface area contributed by atoms with Crippen LogP contribution in [0.2, 0.25) is 0 Å². The maximum absolute atomic E-state index is 10.1. The zero-order chi connectivity index (χ0) is 13.1. The van der Waals surface area contributed by atoms with E-state index in [0.717, 1.165) is 24.3 Å². The SMILES string of the molecule is COc1ccc(CCN(C)C)cc1C(C)(C)O. The van der Waals surface area contributed by atoms with Gasteiger partial charge in [0.1, 0.15) is 5.75 Å². The van der Waals surface area contributed by atoms with Gasteiger partial charge in [-0.05, 0) is 52.1 Å². The number of hydrogen-bond acceptors (Lipinski definition) is 3. The molecule has 0 aliphatic rings. The van der Waals surface area contributed by atoms with Crippen molar-refractivity contribution < 1.29 is 9.84 Å². The van der Waals surface area contributed by atoms with Gasteiger partial charge in [-0.25, -0.2) is 0 Å². The molecule has 0 aliphatic heterocycles. The van der Waals surface area contributed by atoms with Crippen molar-refractivity contribution >= 4 is 0 Å². The van der Waals surface area contributed by atoms with Gasteiger partial charge >= 0.3 is 0 Å². The Morgan fingerprint density at radius 2 is 1.94 bits per heavy atom. The molecule has 0 radical (unpaired) electrons. The predicted molar refractivity (Wildman–Crippen MR) is 70.5 cm³/mol. The summed E-state index contributed by atoms with van der Waals surface area (Å²) in [5.41, 5.74) is 1.19. The third kappa shape index (κ3) is 4.02. The zero-order valence-corrected chi connectivity index (χ0v) is 11.4. The molecular formula is C14H23NO2. The van der Waals surface area contributed by atoms with Gasteiger partial charge in [0.25, 0.3) is 0 Å². The molecule has 96 valence electrons. The second kappa shape index (κ2) is 5.52. The van der Waals surface area contributed by atoms with E-state index >= 15 is 0 Å². The standard InChI is InChI=1S/C14H23NO2/c1-14(2,16)12-10-11(8-9-15(3)4)6-7-13(12)17-5/h6-7,10,16H,8-9H2,1-5H3. The van der Waals surface area contributed by atoms with Crippen LogP contribution in [0.3, 0.4) is 0 Å². The van der Waals surface area contributed by atoms with Gasteiger partial charge in [-0.15, -0.1) is 0 Å². The number of hydrogen-bond donors (Lipinski definition) is 1. The van der Waals surface area contributed by atoms with Crippen molar-refractivity contribution in [1.29, 1.82) is 0 Å². The minimum atomic E-state index is -0.876. The molecule has 0 aliphatic carbocycles. The predicted octanol–water partition coefficient (Wildman–Crippen LogP) is 2.03. The highest BCUT2D eigenvalue weighted by Crippen LogP contribution is 2.30. The number of nitrogens with zero attached hydrogens (tertiary/aromatic N) is 1. The highest BCUT2D eigenvalue weighted by atomic mass is 16.5. The number of methoxy groups -OCH3 is 1. The minimum absolute atomic E-state index is 0.742. The lowest BCUT2D eigenvalue weighted by molar-refractivity contribution is 0.0755. The van der Waals surface area contributed by atoms with Crippen molar-refractivity contribution in [3.05, 3.63) is 29.3 Å². The van der Waals surface area contributed by atoms with E-state index in [-0.39, 0.29) is 0 Å². The Morgan fingerprint density at radius 1 is 1.29 bits per heavy atom. The van der Waals surface area contributed by atoms with E-state index in [2.05, 4.69) is 25.1 Å². The lowest BCUT2D eigenvalue weighted by atomic mass is 9.94. The quantitative estimate of drug-likeness (QED) is 0.850. The molecule has 0 saturated heterocycles. The molecule has 1 rings (SSSR count). The first-order chi connectivity index (χ1) is 7.84. The summed E-state index contributed by atoms with van der Waals surface area (Å²) in [4.78, 5) is 2.15. The molecule has 0 aromatic heterocycles. The summed E-state index contributed by atoms with van der Waals surface area (Å²) in [6.07, 6.45) is 0.972. The Balaban J connectivity index is 2.97. The highest BCUT2D eigenvalue weighted by Gasteiger charge is 2.21. The van der Waals surface area contributed by atoms with Crippen LogP contribution in [-0.4, -0.2) is 37.8 Å². The Bertz CT molecular complexity index is 367. The molecule has 17 heavy (non-hydrogen) atoms. The van der Waals surface area contributed by atoms with Crippen LogP contribution in [0.4, 0.5) is 0 Å². The maximum Gasteiger partial charge on any atom is 0.124 e. The maximum atomic E-state index is 10.1. The third-order valence-corrected chi connectivity index (χ3v) is 2.77. The van der Waals surface area contributed by atoms with E-state index in [1.807, 2.05) is 12.1 Å². The number of aliphatic hydroxyl groups is 1. The topological polar surface area (TPSA) is 32.7 Å². The molecule has 0 bridgehead atoms. The number of rotatable bonds is 5. The number of ether oxygens (including phenoxy) is 1. The lowest BCUT2D eigenvalue weighted by Gasteiger charge is -2.22. The van der Waals surface area contributed by atoms with Crippen LogP contribution in [0, 0.1) is 0 Å². The largest absolute Gasteiger partial charge is 0.496 e.